The summed E-state index contributed by atoms with van der Waals surface area (Å²) >= 11 is 0. The number of hydrogen-bond donors (Lipinski definition) is 3. The molecule has 0 fully saturated rings. The predicted molar refractivity (Wildman–Crippen MR) is 445 cm³/mol. The molecule has 0 saturated carbocycles. The van der Waals surface area contributed by atoms with Gasteiger partial charge in [-0.15, -0.1) is 0 Å². The van der Waals surface area contributed by atoms with E-state index in [4.69, 9.17) is 37.0 Å². The summed E-state index contributed by atoms with van der Waals surface area (Å²) in [6, 6.07) is 0. The maximum atomic E-state index is 13.1. The number of hydrogen-bond acceptors (Lipinski definition) is 15. The molecule has 0 aliphatic heterocycles. The second-order valence-corrected chi connectivity index (χ2v) is 30.9. The normalized spacial score (nSPS) is 14.5. The van der Waals surface area contributed by atoms with Gasteiger partial charge in [-0.05, 0) is 141 Å². The predicted octanol–water partition coefficient (Wildman–Crippen LogP) is 25.2. The second kappa shape index (κ2) is 80.3. The van der Waals surface area contributed by atoms with Crippen molar-refractivity contribution in [2.45, 2.75) is 367 Å². The summed E-state index contributed by atoms with van der Waals surface area (Å²) in [5.41, 5.74) is 0. The fraction of sp³-hybridized carbons (Fsp3) is 0.708. The van der Waals surface area contributed by atoms with Crippen LogP contribution in [0.2, 0.25) is 0 Å². The molecule has 0 aromatic rings. The van der Waals surface area contributed by atoms with Gasteiger partial charge in [0.2, 0.25) is 0 Å². The first-order chi connectivity index (χ1) is 52.7. The Balaban J connectivity index is 5.42. The molecule has 0 saturated heterocycles. The van der Waals surface area contributed by atoms with E-state index < -0.39 is 97.5 Å². The summed E-state index contributed by atoms with van der Waals surface area (Å²) in [7, 11) is -9.98. The molecule has 0 bridgehead atoms. The third kappa shape index (κ3) is 79.3. The van der Waals surface area contributed by atoms with Crippen LogP contribution in [0.25, 0.3) is 0 Å². The van der Waals surface area contributed by atoms with Crippen LogP contribution in [0, 0.1) is 0 Å². The monoisotopic (exact) mass is 1560 g/mol. The van der Waals surface area contributed by atoms with E-state index in [2.05, 4.69) is 161 Å². The van der Waals surface area contributed by atoms with E-state index in [1.54, 1.807) is 0 Å². The fourth-order valence-corrected chi connectivity index (χ4v) is 12.8. The standard InChI is InChI=1S/C89H152O17P2/c1-5-9-13-17-21-25-29-33-37-39-41-43-47-49-53-57-61-65-69-73-86(91)99-79-84(105-88(93)75-71-67-63-59-55-51-45-35-31-27-23-19-15-11-7-3)81-103-107(95,96)101-77-83(90)78-102-108(97,98)104-82-85(106-89(94)76-72-68-64-60-56-52-46-36-32-28-24-20-16-12-8-4)80-100-87(92)74-70-66-62-58-54-50-48-44-42-40-38-34-30-26-22-18-14-10-6-2/h9-10,13-14,21-22,25-27,31,33-34,37-38,41-44,49-50,53-54,83-85,90H,5-8,11-12,15-20,23-24,28-30,32,35-36,39-40,45-48,51-52,55-82H2,1-4H3,(H,95,96)(H,97,98)/b13-9-,14-10-,25-21-,26-22-,31-27-,37-33-,38-34-,43-41-,44-42-,53-49-,54-50-/t83-,84-,85-/m1/s1. The van der Waals surface area contributed by atoms with Gasteiger partial charge in [0.25, 0.3) is 0 Å². The average Bonchev–Trinajstić information content (AvgIpc) is 0.923. The highest BCUT2D eigenvalue weighted by molar-refractivity contribution is 7.47. The van der Waals surface area contributed by atoms with Crippen LogP contribution in [0.4, 0.5) is 0 Å². The fourth-order valence-electron chi connectivity index (χ4n) is 11.2. The van der Waals surface area contributed by atoms with Crippen LogP contribution in [0.15, 0.2) is 134 Å². The van der Waals surface area contributed by atoms with E-state index in [0.29, 0.717) is 25.7 Å². The van der Waals surface area contributed by atoms with Crippen LogP contribution in [-0.2, 0) is 65.4 Å². The maximum Gasteiger partial charge on any atom is 0.472 e. The van der Waals surface area contributed by atoms with E-state index in [1.165, 1.54) is 89.9 Å². The van der Waals surface area contributed by atoms with Gasteiger partial charge in [0.15, 0.2) is 12.2 Å². The number of esters is 4. The van der Waals surface area contributed by atoms with Crippen molar-refractivity contribution < 1.29 is 80.2 Å². The largest absolute Gasteiger partial charge is 0.472 e. The van der Waals surface area contributed by atoms with Crippen LogP contribution < -0.4 is 0 Å². The molecular formula is C89H152O17P2. The molecule has 2 unspecified atom stereocenters. The van der Waals surface area contributed by atoms with Gasteiger partial charge in [0, 0.05) is 25.7 Å². The topological polar surface area (TPSA) is 237 Å². The number of carbonyl (C=O) groups is 4. The summed E-state index contributed by atoms with van der Waals surface area (Å²) < 4.78 is 68.8. The molecule has 3 N–H and O–H groups in total. The van der Waals surface area contributed by atoms with Crippen LogP contribution in [0.3, 0.4) is 0 Å². The molecule has 19 heteroatoms. The lowest BCUT2D eigenvalue weighted by Crippen LogP contribution is -2.30. The Morgan fingerprint density at radius 1 is 0.269 bits per heavy atom. The third-order valence-electron chi connectivity index (χ3n) is 17.6. The quantitative estimate of drug-likeness (QED) is 0.0169. The van der Waals surface area contributed by atoms with E-state index in [1.807, 2.05) is 0 Å². The lowest BCUT2D eigenvalue weighted by molar-refractivity contribution is -0.161. The zero-order valence-electron chi connectivity index (χ0n) is 68.0. The first-order valence-electron chi connectivity index (χ1n) is 42.4. The molecular weight excluding hydrogens is 1400 g/mol. The molecule has 0 radical (unpaired) electrons. The highest BCUT2D eigenvalue weighted by atomic mass is 31.2. The number of carbonyl (C=O) groups excluding carboxylic acids is 4. The van der Waals surface area contributed by atoms with Gasteiger partial charge >= 0.3 is 39.5 Å². The minimum Gasteiger partial charge on any atom is -0.462 e. The van der Waals surface area contributed by atoms with Gasteiger partial charge in [-0.2, -0.15) is 0 Å². The third-order valence-corrected chi connectivity index (χ3v) is 19.5. The van der Waals surface area contributed by atoms with Crippen LogP contribution in [0.1, 0.15) is 349 Å². The lowest BCUT2D eigenvalue weighted by atomic mass is 10.0. The number of phosphoric ester groups is 2. The number of unbranched alkanes of at least 4 members (excludes halogenated alkanes) is 31. The number of rotatable bonds is 79. The van der Waals surface area contributed by atoms with E-state index in [9.17, 15) is 43.2 Å². The number of aliphatic hydroxyl groups excluding tert-OH is 1. The van der Waals surface area contributed by atoms with Gasteiger partial charge in [-0.25, -0.2) is 9.13 Å². The molecule has 620 valence electrons. The molecule has 0 amide bonds. The van der Waals surface area contributed by atoms with Crippen LogP contribution in [-0.4, -0.2) is 96.7 Å². The first-order valence-corrected chi connectivity index (χ1v) is 45.4. The van der Waals surface area contributed by atoms with E-state index in [0.717, 1.165) is 180 Å². The Labute approximate surface area is 656 Å². The summed E-state index contributed by atoms with van der Waals surface area (Å²) in [6.07, 6.45) is 91.3. The molecule has 0 spiro atoms. The highest BCUT2D eigenvalue weighted by Crippen LogP contribution is 2.45. The van der Waals surface area contributed by atoms with Crippen LogP contribution in [0.5, 0.6) is 0 Å². The highest BCUT2D eigenvalue weighted by Gasteiger charge is 2.30. The zero-order chi connectivity index (χ0) is 78.9. The zero-order valence-corrected chi connectivity index (χ0v) is 69.8. The molecule has 17 nitrogen and oxygen atoms in total. The minimum atomic E-state index is -4.99. The number of phosphoric acid groups is 2. The number of aliphatic hydroxyl groups is 1. The van der Waals surface area contributed by atoms with Crippen molar-refractivity contribution >= 4 is 39.5 Å². The summed E-state index contributed by atoms with van der Waals surface area (Å²) in [4.78, 5) is 73.2. The summed E-state index contributed by atoms with van der Waals surface area (Å²) in [5.74, 6) is -2.24. The number of ether oxygens (including phenoxy) is 4. The van der Waals surface area contributed by atoms with Crippen LogP contribution >= 0.6 is 15.6 Å². The molecule has 0 aliphatic rings. The van der Waals surface area contributed by atoms with Gasteiger partial charge in [-0.3, -0.25) is 37.3 Å². The maximum absolute atomic E-state index is 13.1. The summed E-state index contributed by atoms with van der Waals surface area (Å²) in [6.45, 7) is 4.61. The molecule has 0 heterocycles. The molecule has 0 rings (SSSR count). The summed E-state index contributed by atoms with van der Waals surface area (Å²) in [5, 5.41) is 10.7. The SMILES string of the molecule is CC/C=C\C/C=C\C/C=C\C/C=C\C/C=C\CCCCCC(=O)OC[C@H](COP(=O)(O)OC[C@@H](O)COP(=O)(O)OC[C@@H](COC(=O)CCCCC/C=C\C/C=C\C/C=C\C/C=C\C/C=C\CC)OC(=O)CCCCCCCCCCCCCCCCC)OC(=O)CCCCCCCCC/C=C\CCCCCC. The van der Waals surface area contributed by atoms with E-state index in [-0.39, 0.29) is 25.7 Å². The Hall–Kier alpha value is -4.80. The van der Waals surface area contributed by atoms with Crippen molar-refractivity contribution in [3.05, 3.63) is 134 Å². The van der Waals surface area contributed by atoms with E-state index >= 15 is 0 Å². The molecule has 5 atom stereocenters. The average molecular weight is 1560 g/mol. The lowest BCUT2D eigenvalue weighted by Gasteiger charge is -2.21. The van der Waals surface area contributed by atoms with Crippen molar-refractivity contribution in [2.75, 3.05) is 39.6 Å². The Kier molecular flexibility index (Phi) is 76.7. The van der Waals surface area contributed by atoms with Crippen molar-refractivity contribution in [3.8, 4) is 0 Å². The minimum absolute atomic E-state index is 0.0798. The van der Waals surface area contributed by atoms with Crippen molar-refractivity contribution in [1.82, 2.24) is 0 Å². The molecule has 0 aliphatic carbocycles. The van der Waals surface area contributed by atoms with Gasteiger partial charge in [0.05, 0.1) is 26.4 Å². The van der Waals surface area contributed by atoms with Gasteiger partial charge in [0.1, 0.15) is 19.3 Å². The number of allylic oxidation sites excluding steroid dienone is 22. The molecule has 108 heavy (non-hydrogen) atoms. The van der Waals surface area contributed by atoms with Crippen molar-refractivity contribution in [3.63, 3.8) is 0 Å². The second-order valence-electron chi connectivity index (χ2n) is 28.0. The molecule has 0 aromatic carbocycles. The van der Waals surface area contributed by atoms with Gasteiger partial charge in [-0.1, -0.05) is 315 Å². The Morgan fingerprint density at radius 3 is 0.769 bits per heavy atom. The van der Waals surface area contributed by atoms with Crippen molar-refractivity contribution in [1.29, 1.82) is 0 Å². The van der Waals surface area contributed by atoms with Crippen molar-refractivity contribution in [2.24, 2.45) is 0 Å². The Morgan fingerprint density at radius 2 is 0.481 bits per heavy atom. The van der Waals surface area contributed by atoms with Gasteiger partial charge < -0.3 is 33.8 Å². The first kappa shape index (κ1) is 103. The Bertz CT molecular complexity index is 2560. The smallest absolute Gasteiger partial charge is 0.462 e. The molecule has 0 aromatic heterocycles.